The normalized spacial score (nSPS) is 11.3. The molecule has 0 bridgehead atoms. The number of pyridine rings is 1. The first-order chi connectivity index (χ1) is 13.2. The van der Waals surface area contributed by atoms with Crippen molar-refractivity contribution in [2.75, 3.05) is 0 Å². The lowest BCUT2D eigenvalue weighted by molar-refractivity contribution is -0.137. The summed E-state index contributed by atoms with van der Waals surface area (Å²) in [6.45, 7) is -0.542. The van der Waals surface area contributed by atoms with Crippen LogP contribution < -0.4 is 5.56 Å². The number of nitrogens with zero attached hydrogens (tertiary/aromatic N) is 2. The molecule has 1 aromatic heterocycles. The molecule has 0 amide bonds. The number of benzene rings is 2. The van der Waals surface area contributed by atoms with Crippen molar-refractivity contribution < 1.29 is 22.0 Å². The Morgan fingerprint density at radius 2 is 1.68 bits per heavy atom. The van der Waals surface area contributed by atoms with Crippen molar-refractivity contribution in [3.8, 4) is 17.3 Å². The van der Waals surface area contributed by atoms with E-state index in [1.54, 1.807) is 18.2 Å². The molecule has 0 aliphatic heterocycles. The molecule has 3 rings (SSSR count). The number of alkyl halides is 3. The van der Waals surface area contributed by atoms with Crippen LogP contribution in [0.5, 0.6) is 0 Å². The Balaban J connectivity index is 2.33. The van der Waals surface area contributed by atoms with E-state index < -0.39 is 41.0 Å². The molecule has 0 N–H and O–H groups in total. The number of rotatable bonds is 3. The van der Waals surface area contributed by atoms with Gasteiger partial charge in [-0.25, -0.2) is 8.78 Å². The Hall–Kier alpha value is -3.47. The molecule has 2 aromatic carbocycles. The SMILES string of the molecule is N#Cc1c(C(F)(F)F)cc(-c2ccccc2)n(Cc2cc(F)ccc2F)c1=O. The van der Waals surface area contributed by atoms with Gasteiger partial charge in [-0.2, -0.15) is 18.4 Å². The summed E-state index contributed by atoms with van der Waals surface area (Å²) in [5.41, 5.74) is -3.87. The number of hydrogen-bond acceptors (Lipinski definition) is 2. The van der Waals surface area contributed by atoms with Crippen LogP contribution in [0.15, 0.2) is 59.4 Å². The summed E-state index contributed by atoms with van der Waals surface area (Å²) >= 11 is 0. The largest absolute Gasteiger partial charge is 0.417 e. The van der Waals surface area contributed by atoms with E-state index in [4.69, 9.17) is 5.26 Å². The second-order valence-corrected chi connectivity index (χ2v) is 5.92. The first-order valence-electron chi connectivity index (χ1n) is 7.97. The van der Waals surface area contributed by atoms with Crippen LogP contribution in [-0.2, 0) is 12.7 Å². The molecule has 3 nitrogen and oxygen atoms in total. The second-order valence-electron chi connectivity index (χ2n) is 5.92. The molecule has 0 atom stereocenters. The average molecular weight is 390 g/mol. The minimum atomic E-state index is -4.93. The van der Waals surface area contributed by atoms with E-state index >= 15 is 0 Å². The van der Waals surface area contributed by atoms with Crippen LogP contribution in [0.3, 0.4) is 0 Å². The maximum absolute atomic E-state index is 14.0. The van der Waals surface area contributed by atoms with E-state index in [2.05, 4.69) is 0 Å². The molecule has 0 saturated carbocycles. The summed E-state index contributed by atoms with van der Waals surface area (Å²) < 4.78 is 68.5. The van der Waals surface area contributed by atoms with Crippen LogP contribution in [0.1, 0.15) is 16.7 Å². The summed E-state index contributed by atoms with van der Waals surface area (Å²) in [5, 5.41) is 9.12. The van der Waals surface area contributed by atoms with Gasteiger partial charge in [0.1, 0.15) is 23.3 Å². The fraction of sp³-hybridized carbons (Fsp3) is 0.100. The molecule has 3 aromatic rings. The van der Waals surface area contributed by atoms with E-state index in [0.29, 0.717) is 6.07 Å². The molecule has 0 radical (unpaired) electrons. The standard InChI is InChI=1S/C20H11F5N2O/c21-14-6-7-17(22)13(8-14)11-27-18(12-4-2-1-3-5-12)9-16(20(23,24)25)15(10-26)19(27)28/h1-9H,11H2. The van der Waals surface area contributed by atoms with Crippen LogP contribution >= 0.6 is 0 Å². The minimum Gasteiger partial charge on any atom is -0.303 e. The van der Waals surface area contributed by atoms with Crippen LogP contribution in [-0.4, -0.2) is 4.57 Å². The molecule has 0 unspecified atom stereocenters. The third-order valence-electron chi connectivity index (χ3n) is 4.12. The van der Waals surface area contributed by atoms with Crippen molar-refractivity contribution in [1.82, 2.24) is 4.57 Å². The van der Waals surface area contributed by atoms with Gasteiger partial charge in [0.2, 0.25) is 0 Å². The lowest BCUT2D eigenvalue weighted by atomic mass is 10.0. The Labute approximate surface area is 155 Å². The van der Waals surface area contributed by atoms with Gasteiger partial charge in [-0.05, 0) is 29.8 Å². The van der Waals surface area contributed by atoms with Crippen molar-refractivity contribution in [2.24, 2.45) is 0 Å². The molecule has 28 heavy (non-hydrogen) atoms. The molecule has 0 aliphatic rings. The van der Waals surface area contributed by atoms with Gasteiger partial charge in [0, 0.05) is 5.56 Å². The van der Waals surface area contributed by atoms with Gasteiger partial charge in [0.05, 0.1) is 17.8 Å². The molecular weight excluding hydrogens is 379 g/mol. The maximum Gasteiger partial charge on any atom is 0.417 e. The van der Waals surface area contributed by atoms with Crippen molar-refractivity contribution >= 4 is 0 Å². The van der Waals surface area contributed by atoms with E-state index in [1.165, 1.54) is 18.2 Å². The van der Waals surface area contributed by atoms with Gasteiger partial charge < -0.3 is 4.57 Å². The smallest absolute Gasteiger partial charge is 0.303 e. The third-order valence-corrected chi connectivity index (χ3v) is 4.12. The Kier molecular flexibility index (Phi) is 5.01. The van der Waals surface area contributed by atoms with Gasteiger partial charge in [-0.3, -0.25) is 4.79 Å². The van der Waals surface area contributed by atoms with Gasteiger partial charge in [0.15, 0.2) is 0 Å². The van der Waals surface area contributed by atoms with Crippen LogP contribution in [0.25, 0.3) is 11.3 Å². The summed E-state index contributed by atoms with van der Waals surface area (Å²) in [4.78, 5) is 12.7. The topological polar surface area (TPSA) is 45.8 Å². The van der Waals surface area contributed by atoms with Crippen molar-refractivity contribution in [3.05, 3.63) is 93.3 Å². The number of hydrogen-bond donors (Lipinski definition) is 0. The molecule has 0 spiro atoms. The van der Waals surface area contributed by atoms with Crippen molar-refractivity contribution in [1.29, 1.82) is 5.26 Å². The Bertz CT molecular complexity index is 1130. The quantitative estimate of drug-likeness (QED) is 0.607. The predicted octanol–water partition coefficient (Wildman–Crippen LogP) is 4.73. The zero-order chi connectivity index (χ0) is 20.5. The first kappa shape index (κ1) is 19.3. The third kappa shape index (κ3) is 3.64. The molecular formula is C20H11F5N2O. The highest BCUT2D eigenvalue weighted by Gasteiger charge is 2.36. The van der Waals surface area contributed by atoms with E-state index in [0.717, 1.165) is 22.8 Å². The minimum absolute atomic E-state index is 0.166. The number of nitriles is 1. The fourth-order valence-corrected chi connectivity index (χ4v) is 2.82. The van der Waals surface area contributed by atoms with Gasteiger partial charge in [-0.15, -0.1) is 0 Å². The van der Waals surface area contributed by atoms with Crippen LogP contribution in [0.4, 0.5) is 22.0 Å². The second kappa shape index (κ2) is 7.27. The zero-order valence-corrected chi connectivity index (χ0v) is 14.1. The molecule has 0 fully saturated rings. The van der Waals surface area contributed by atoms with E-state index in [9.17, 15) is 26.7 Å². The summed E-state index contributed by atoms with van der Waals surface area (Å²) in [5.74, 6) is -1.59. The van der Waals surface area contributed by atoms with Crippen molar-refractivity contribution in [2.45, 2.75) is 12.7 Å². The van der Waals surface area contributed by atoms with E-state index in [1.807, 2.05) is 0 Å². The number of halogens is 5. The molecule has 8 heteroatoms. The van der Waals surface area contributed by atoms with Gasteiger partial charge in [0.25, 0.3) is 5.56 Å². The molecule has 1 heterocycles. The van der Waals surface area contributed by atoms with E-state index in [-0.39, 0.29) is 16.8 Å². The predicted molar refractivity (Wildman–Crippen MR) is 91.3 cm³/mol. The highest BCUT2D eigenvalue weighted by molar-refractivity contribution is 5.62. The molecule has 0 aliphatic carbocycles. The fourth-order valence-electron chi connectivity index (χ4n) is 2.82. The lowest BCUT2D eigenvalue weighted by Crippen LogP contribution is -2.29. The Morgan fingerprint density at radius 3 is 2.29 bits per heavy atom. The summed E-state index contributed by atoms with van der Waals surface area (Å²) in [7, 11) is 0. The van der Waals surface area contributed by atoms with Gasteiger partial charge in [-0.1, -0.05) is 30.3 Å². The maximum atomic E-state index is 14.0. The summed E-state index contributed by atoms with van der Waals surface area (Å²) in [6.07, 6.45) is -4.93. The zero-order valence-electron chi connectivity index (χ0n) is 14.1. The summed E-state index contributed by atoms with van der Waals surface area (Å²) in [6, 6.07) is 12.2. The van der Waals surface area contributed by atoms with Crippen LogP contribution in [0.2, 0.25) is 0 Å². The first-order valence-corrected chi connectivity index (χ1v) is 7.97. The highest BCUT2D eigenvalue weighted by atomic mass is 19.4. The van der Waals surface area contributed by atoms with Crippen LogP contribution in [0, 0.1) is 23.0 Å². The van der Waals surface area contributed by atoms with Gasteiger partial charge >= 0.3 is 6.18 Å². The highest BCUT2D eigenvalue weighted by Crippen LogP contribution is 2.33. The van der Waals surface area contributed by atoms with Crippen molar-refractivity contribution in [3.63, 3.8) is 0 Å². The Morgan fingerprint density at radius 1 is 1.00 bits per heavy atom. The average Bonchev–Trinajstić information content (AvgIpc) is 2.65. The molecule has 0 saturated heterocycles. The number of aromatic nitrogens is 1. The molecule has 142 valence electrons. The lowest BCUT2D eigenvalue weighted by Gasteiger charge is -2.18. The monoisotopic (exact) mass is 390 g/mol.